The molecule has 0 spiro atoms. The number of amides is 1. The maximum Gasteiger partial charge on any atom is 0.304 e. The smallest absolute Gasteiger partial charge is 0.304 e. The summed E-state index contributed by atoms with van der Waals surface area (Å²) in [6, 6.07) is 0. The van der Waals surface area contributed by atoms with Gasteiger partial charge in [0.05, 0.1) is 18.4 Å². The number of nitrogens with one attached hydrogen (secondary N) is 3. The number of aromatic amines is 1. The first kappa shape index (κ1) is 15.2. The standard InChI is InChI=1S/C13H17N5O2S/c1-7(2)11-15-5-9(14-3)10(18-11)12(19)16-4-8-6-21-13(20)17-8/h5-7,14H,4H2,1-3H3,(H,16,19)(H,17,20). The van der Waals surface area contributed by atoms with Crippen LogP contribution in [0.15, 0.2) is 16.4 Å². The van der Waals surface area contributed by atoms with E-state index in [1.165, 1.54) is 0 Å². The molecule has 0 fully saturated rings. The number of carbonyl (C=O) groups is 1. The second-order valence-electron chi connectivity index (χ2n) is 4.75. The summed E-state index contributed by atoms with van der Waals surface area (Å²) in [6.07, 6.45) is 1.60. The zero-order valence-corrected chi connectivity index (χ0v) is 12.9. The lowest BCUT2D eigenvalue weighted by Crippen LogP contribution is -2.26. The number of hydrogen-bond donors (Lipinski definition) is 3. The lowest BCUT2D eigenvalue weighted by atomic mass is 10.2. The highest BCUT2D eigenvalue weighted by Gasteiger charge is 2.16. The van der Waals surface area contributed by atoms with E-state index in [9.17, 15) is 9.59 Å². The Balaban J connectivity index is 2.17. The minimum atomic E-state index is -0.310. The van der Waals surface area contributed by atoms with Crippen molar-refractivity contribution in [3.8, 4) is 0 Å². The van der Waals surface area contributed by atoms with E-state index in [0.717, 1.165) is 11.3 Å². The van der Waals surface area contributed by atoms with Crippen LogP contribution in [0.5, 0.6) is 0 Å². The quantitative estimate of drug-likeness (QED) is 0.773. The van der Waals surface area contributed by atoms with Crippen LogP contribution in [-0.4, -0.2) is 27.9 Å². The predicted octanol–water partition coefficient (Wildman–Crippen LogP) is 1.32. The highest BCUT2D eigenvalue weighted by molar-refractivity contribution is 7.07. The molecule has 0 radical (unpaired) electrons. The third kappa shape index (κ3) is 3.66. The van der Waals surface area contributed by atoms with E-state index < -0.39 is 0 Å². The molecule has 2 aromatic heterocycles. The first-order valence-corrected chi connectivity index (χ1v) is 7.38. The molecular formula is C13H17N5O2S. The summed E-state index contributed by atoms with van der Waals surface area (Å²) >= 11 is 1.07. The Labute approximate surface area is 125 Å². The van der Waals surface area contributed by atoms with Gasteiger partial charge in [-0.05, 0) is 0 Å². The van der Waals surface area contributed by atoms with E-state index in [1.54, 1.807) is 18.6 Å². The van der Waals surface area contributed by atoms with E-state index in [1.807, 2.05) is 13.8 Å². The van der Waals surface area contributed by atoms with Gasteiger partial charge < -0.3 is 15.6 Å². The fourth-order valence-electron chi connectivity index (χ4n) is 1.69. The van der Waals surface area contributed by atoms with E-state index >= 15 is 0 Å². The minimum absolute atomic E-state index is 0.135. The summed E-state index contributed by atoms with van der Waals surface area (Å²) in [4.78, 5) is 34.3. The molecule has 0 saturated heterocycles. The van der Waals surface area contributed by atoms with Gasteiger partial charge in [-0.2, -0.15) is 0 Å². The van der Waals surface area contributed by atoms with Gasteiger partial charge >= 0.3 is 4.87 Å². The molecule has 2 heterocycles. The first-order valence-electron chi connectivity index (χ1n) is 6.50. The predicted molar refractivity (Wildman–Crippen MR) is 81.8 cm³/mol. The van der Waals surface area contributed by atoms with Crippen molar-refractivity contribution in [2.45, 2.75) is 26.3 Å². The monoisotopic (exact) mass is 307 g/mol. The minimum Gasteiger partial charge on any atom is -0.385 e. The van der Waals surface area contributed by atoms with E-state index in [0.29, 0.717) is 22.9 Å². The molecule has 7 nitrogen and oxygen atoms in total. The molecule has 0 atom stereocenters. The number of hydrogen-bond acceptors (Lipinski definition) is 6. The average molecular weight is 307 g/mol. The van der Waals surface area contributed by atoms with Crippen LogP contribution in [0.2, 0.25) is 0 Å². The molecule has 0 bridgehead atoms. The molecule has 0 saturated carbocycles. The molecule has 2 aromatic rings. The van der Waals surface area contributed by atoms with Crippen molar-refractivity contribution in [1.82, 2.24) is 20.3 Å². The van der Waals surface area contributed by atoms with Crippen LogP contribution >= 0.6 is 11.3 Å². The Hall–Kier alpha value is -2.22. The number of rotatable bonds is 5. The Morgan fingerprint density at radius 1 is 1.48 bits per heavy atom. The number of nitrogens with zero attached hydrogens (tertiary/aromatic N) is 2. The van der Waals surface area contributed by atoms with Gasteiger partial charge in [0, 0.05) is 24.0 Å². The highest BCUT2D eigenvalue weighted by atomic mass is 32.1. The summed E-state index contributed by atoms with van der Waals surface area (Å²) < 4.78 is 0. The van der Waals surface area contributed by atoms with Crippen LogP contribution in [0, 0.1) is 0 Å². The normalized spacial score (nSPS) is 10.7. The second kappa shape index (κ2) is 6.49. The number of anilines is 1. The van der Waals surface area contributed by atoms with Gasteiger partial charge in [-0.3, -0.25) is 9.59 Å². The molecular weight excluding hydrogens is 290 g/mol. The Morgan fingerprint density at radius 3 is 2.81 bits per heavy atom. The lowest BCUT2D eigenvalue weighted by molar-refractivity contribution is 0.0946. The Bertz CT molecular complexity index is 692. The van der Waals surface area contributed by atoms with Crippen LogP contribution in [-0.2, 0) is 6.54 Å². The second-order valence-corrected chi connectivity index (χ2v) is 5.59. The fourth-order valence-corrected chi connectivity index (χ4v) is 2.27. The molecule has 3 N–H and O–H groups in total. The summed E-state index contributed by atoms with van der Waals surface area (Å²) in [5.41, 5.74) is 1.53. The van der Waals surface area contributed by atoms with Gasteiger partial charge in [-0.15, -0.1) is 0 Å². The zero-order chi connectivity index (χ0) is 15.4. The van der Waals surface area contributed by atoms with Crippen LogP contribution in [0.4, 0.5) is 5.69 Å². The van der Waals surface area contributed by atoms with Gasteiger partial charge in [0.25, 0.3) is 5.91 Å². The summed E-state index contributed by atoms with van der Waals surface area (Å²) in [7, 11) is 1.71. The number of H-pyrrole nitrogens is 1. The van der Waals surface area contributed by atoms with Crippen molar-refractivity contribution in [2.24, 2.45) is 0 Å². The molecule has 0 aromatic carbocycles. The molecule has 1 amide bonds. The van der Waals surface area contributed by atoms with Crippen LogP contribution in [0.25, 0.3) is 0 Å². The van der Waals surface area contributed by atoms with Gasteiger partial charge in [-0.25, -0.2) is 9.97 Å². The Kier molecular flexibility index (Phi) is 4.69. The van der Waals surface area contributed by atoms with Crippen LogP contribution < -0.4 is 15.5 Å². The third-order valence-corrected chi connectivity index (χ3v) is 3.54. The van der Waals surface area contributed by atoms with Gasteiger partial charge in [0.15, 0.2) is 5.69 Å². The topological polar surface area (TPSA) is 99.8 Å². The third-order valence-electron chi connectivity index (χ3n) is 2.82. The van der Waals surface area contributed by atoms with Crippen molar-refractivity contribution in [3.63, 3.8) is 0 Å². The molecule has 2 rings (SSSR count). The molecule has 21 heavy (non-hydrogen) atoms. The zero-order valence-electron chi connectivity index (χ0n) is 12.1. The van der Waals surface area contributed by atoms with Crippen molar-refractivity contribution >= 4 is 22.9 Å². The highest BCUT2D eigenvalue weighted by Crippen LogP contribution is 2.15. The number of carbonyl (C=O) groups excluding carboxylic acids is 1. The van der Waals surface area contributed by atoms with E-state index in [4.69, 9.17) is 0 Å². The van der Waals surface area contributed by atoms with Crippen molar-refractivity contribution in [1.29, 1.82) is 0 Å². The molecule has 0 unspecified atom stereocenters. The van der Waals surface area contributed by atoms with E-state index in [-0.39, 0.29) is 23.2 Å². The van der Waals surface area contributed by atoms with Crippen molar-refractivity contribution in [2.75, 3.05) is 12.4 Å². The number of thiazole rings is 1. The average Bonchev–Trinajstić information content (AvgIpc) is 2.89. The molecule has 112 valence electrons. The summed E-state index contributed by atoms with van der Waals surface area (Å²) in [6.45, 7) is 4.18. The molecule has 0 aliphatic heterocycles. The maximum atomic E-state index is 12.2. The maximum absolute atomic E-state index is 12.2. The summed E-state index contributed by atoms with van der Waals surface area (Å²) in [5.74, 6) is 0.439. The van der Waals surface area contributed by atoms with Crippen LogP contribution in [0.3, 0.4) is 0 Å². The van der Waals surface area contributed by atoms with Crippen molar-refractivity contribution in [3.05, 3.63) is 38.5 Å². The van der Waals surface area contributed by atoms with Crippen LogP contribution in [0.1, 0.15) is 41.8 Å². The molecule has 0 aliphatic carbocycles. The summed E-state index contributed by atoms with van der Waals surface area (Å²) in [5, 5.41) is 7.32. The molecule has 0 aliphatic rings. The lowest BCUT2D eigenvalue weighted by Gasteiger charge is -2.11. The fraction of sp³-hybridized carbons (Fsp3) is 0.385. The molecule has 8 heteroatoms. The number of aromatic nitrogens is 3. The van der Waals surface area contributed by atoms with Crippen molar-refractivity contribution < 1.29 is 4.79 Å². The Morgan fingerprint density at radius 2 is 2.24 bits per heavy atom. The largest absolute Gasteiger partial charge is 0.385 e. The van der Waals surface area contributed by atoms with E-state index in [2.05, 4.69) is 25.6 Å². The first-order chi connectivity index (χ1) is 10.0. The van der Waals surface area contributed by atoms with Gasteiger partial charge in [-0.1, -0.05) is 25.2 Å². The van der Waals surface area contributed by atoms with Gasteiger partial charge in [0.1, 0.15) is 5.82 Å². The SMILES string of the molecule is CNc1cnc(C(C)C)nc1C(=O)NCc1csc(=O)[nH]1. The van der Waals surface area contributed by atoms with Gasteiger partial charge in [0.2, 0.25) is 0 Å².